The lowest BCUT2D eigenvalue weighted by Gasteiger charge is -2.10. The first-order chi connectivity index (χ1) is 33.8. The van der Waals surface area contributed by atoms with E-state index in [1.165, 1.54) is 374 Å². The Bertz CT molecular complexity index is 989. The van der Waals surface area contributed by atoms with Crippen LogP contribution >= 0.6 is 23.5 Å². The Morgan fingerprint density at radius 3 is 0.632 bits per heavy atom. The van der Waals surface area contributed by atoms with Crippen molar-refractivity contribution in [3.63, 3.8) is 0 Å². The summed E-state index contributed by atoms with van der Waals surface area (Å²) in [5, 5.41) is 0. The highest BCUT2D eigenvalue weighted by Gasteiger charge is 2.05. The average molecular weight is 983 g/mol. The van der Waals surface area contributed by atoms with E-state index in [9.17, 15) is 0 Å². The summed E-state index contributed by atoms with van der Waals surface area (Å²) < 4.78 is 0. The van der Waals surface area contributed by atoms with E-state index in [0.717, 1.165) is 6.42 Å². The third-order valence-corrected chi connectivity index (χ3v) is 17.3. The zero-order chi connectivity index (χ0) is 48.6. The SMILES string of the molecule is [CH2]CCCc1cc(SCCCCCCCCCCCCCCCCCCCCCCCCCCCC)cc(SCCCCCCCCCCCCCCCCCCCCCCCCCCCC)c1. The number of hydrogen-bond acceptors (Lipinski definition) is 2. The molecule has 0 bridgehead atoms. The van der Waals surface area contributed by atoms with E-state index < -0.39 is 0 Å². The molecule has 0 atom stereocenters. The van der Waals surface area contributed by atoms with Crippen molar-refractivity contribution in [2.45, 2.75) is 377 Å². The van der Waals surface area contributed by atoms with Gasteiger partial charge in [-0.05, 0) is 61.0 Å². The van der Waals surface area contributed by atoms with Gasteiger partial charge < -0.3 is 0 Å². The molecule has 68 heavy (non-hydrogen) atoms. The molecule has 0 aromatic heterocycles. The first-order valence-corrected chi connectivity index (χ1v) is 34.0. The van der Waals surface area contributed by atoms with Crippen molar-refractivity contribution in [2.24, 2.45) is 0 Å². The second kappa shape index (κ2) is 57.8. The van der Waals surface area contributed by atoms with Crippen LogP contribution in [0.15, 0.2) is 28.0 Å². The van der Waals surface area contributed by atoms with E-state index in [1.54, 1.807) is 0 Å². The zero-order valence-corrected chi connectivity index (χ0v) is 48.7. The molecule has 0 N–H and O–H groups in total. The van der Waals surface area contributed by atoms with Crippen molar-refractivity contribution in [1.82, 2.24) is 0 Å². The number of thioether (sulfide) groups is 2. The van der Waals surface area contributed by atoms with E-state index in [2.05, 4.69) is 62.5 Å². The van der Waals surface area contributed by atoms with E-state index in [4.69, 9.17) is 0 Å². The van der Waals surface area contributed by atoms with Gasteiger partial charge in [-0.2, -0.15) is 0 Å². The summed E-state index contributed by atoms with van der Waals surface area (Å²) in [7, 11) is 0. The van der Waals surface area contributed by atoms with Crippen LogP contribution in [0.4, 0.5) is 0 Å². The average Bonchev–Trinajstić information content (AvgIpc) is 3.35. The molecule has 0 fully saturated rings. The molecule has 0 saturated heterocycles. The van der Waals surface area contributed by atoms with Crippen molar-refractivity contribution in [3.8, 4) is 0 Å². The van der Waals surface area contributed by atoms with Crippen LogP contribution in [0.2, 0.25) is 0 Å². The van der Waals surface area contributed by atoms with Gasteiger partial charge in [-0.15, -0.1) is 23.5 Å². The summed E-state index contributed by atoms with van der Waals surface area (Å²) in [5.74, 6) is 2.56. The van der Waals surface area contributed by atoms with Crippen LogP contribution in [-0.4, -0.2) is 11.5 Å². The summed E-state index contributed by atoms with van der Waals surface area (Å²) in [6.45, 7) is 8.75. The molecule has 1 rings (SSSR count). The quantitative estimate of drug-likeness (QED) is 0.0471. The molecule has 0 nitrogen and oxygen atoms in total. The molecule has 0 heterocycles. The van der Waals surface area contributed by atoms with Crippen LogP contribution < -0.4 is 0 Å². The fraction of sp³-hybridized carbons (Fsp3) is 0.894. The molecule has 2 heteroatoms. The van der Waals surface area contributed by atoms with Gasteiger partial charge in [0, 0.05) is 9.79 Å². The Morgan fingerprint density at radius 1 is 0.250 bits per heavy atom. The lowest BCUT2D eigenvalue weighted by Crippen LogP contribution is -1.90. The van der Waals surface area contributed by atoms with Crippen molar-refractivity contribution >= 4 is 23.5 Å². The third-order valence-electron chi connectivity index (χ3n) is 15.2. The van der Waals surface area contributed by atoms with Crippen LogP contribution in [0, 0.1) is 6.92 Å². The highest BCUT2D eigenvalue weighted by atomic mass is 32.2. The van der Waals surface area contributed by atoms with E-state index in [-0.39, 0.29) is 0 Å². The maximum absolute atomic E-state index is 4.12. The minimum atomic E-state index is 1.04. The van der Waals surface area contributed by atoms with Gasteiger partial charge >= 0.3 is 0 Å². The third kappa shape index (κ3) is 50.8. The van der Waals surface area contributed by atoms with Gasteiger partial charge in [-0.25, -0.2) is 0 Å². The monoisotopic (exact) mass is 982 g/mol. The predicted molar refractivity (Wildman–Crippen MR) is 318 cm³/mol. The Hall–Kier alpha value is -0.0800. The van der Waals surface area contributed by atoms with Gasteiger partial charge in [0.2, 0.25) is 0 Å². The fourth-order valence-electron chi connectivity index (χ4n) is 10.5. The predicted octanol–water partition coefficient (Wildman–Crippen LogP) is 25.4. The maximum Gasteiger partial charge on any atom is 0.00858 e. The smallest absolute Gasteiger partial charge is 0.00858 e. The second-order valence-electron chi connectivity index (χ2n) is 22.1. The first kappa shape index (κ1) is 65.9. The normalized spacial score (nSPS) is 11.7. The summed E-state index contributed by atoms with van der Waals surface area (Å²) in [6.07, 6.45) is 79.6. The Kier molecular flexibility index (Phi) is 56.1. The van der Waals surface area contributed by atoms with Gasteiger partial charge in [-0.1, -0.05) is 348 Å². The molecule has 0 aliphatic rings. The molecule has 0 aliphatic heterocycles. The second-order valence-corrected chi connectivity index (χ2v) is 24.5. The van der Waals surface area contributed by atoms with Crippen LogP contribution in [0.25, 0.3) is 0 Å². The Morgan fingerprint density at radius 2 is 0.441 bits per heavy atom. The highest BCUT2D eigenvalue weighted by molar-refractivity contribution is 8.00. The first-order valence-electron chi connectivity index (χ1n) is 32.0. The molecule has 0 unspecified atom stereocenters. The molecule has 0 saturated carbocycles. The van der Waals surface area contributed by atoms with Crippen LogP contribution in [0.3, 0.4) is 0 Å². The Labute approximate surface area is 440 Å². The number of benzene rings is 1. The van der Waals surface area contributed by atoms with Crippen molar-refractivity contribution in [1.29, 1.82) is 0 Å². The minimum Gasteiger partial charge on any atom is -0.126 e. The Balaban J connectivity index is 1.90. The standard InChI is InChI=1S/C66H125S2/c1-4-7-10-12-14-16-18-20-22-24-26-28-30-32-34-36-38-40-42-44-46-48-50-52-54-56-59-67-65-61-64(58-9-6-3)62-66(63-65)68-60-57-55-53-51-49-47-45-43-41-39-37-35-33-31-29-27-25-23-21-19-17-15-13-11-8-5-2/h61-63H,3-60H2,1-2H3. The topological polar surface area (TPSA) is 0 Å². The van der Waals surface area contributed by atoms with Gasteiger partial charge in [0.1, 0.15) is 0 Å². The molecule has 1 aromatic rings. The molecular formula is C66H125S2. The summed E-state index contributed by atoms with van der Waals surface area (Å²) >= 11 is 4.23. The van der Waals surface area contributed by atoms with Gasteiger partial charge in [0.15, 0.2) is 0 Å². The number of rotatable bonds is 59. The summed E-state index contributed by atoms with van der Waals surface area (Å²) in [6, 6.07) is 7.49. The maximum atomic E-state index is 4.12. The fourth-order valence-corrected chi connectivity index (χ4v) is 12.6. The molecule has 1 radical (unpaired) electrons. The molecule has 0 aliphatic carbocycles. The van der Waals surface area contributed by atoms with Crippen LogP contribution in [0.1, 0.15) is 366 Å². The van der Waals surface area contributed by atoms with Crippen LogP contribution in [0.5, 0.6) is 0 Å². The van der Waals surface area contributed by atoms with Gasteiger partial charge in [0.25, 0.3) is 0 Å². The van der Waals surface area contributed by atoms with Gasteiger partial charge in [0.05, 0.1) is 0 Å². The molecule has 0 spiro atoms. The molecular weight excluding hydrogens is 857 g/mol. The van der Waals surface area contributed by atoms with Crippen molar-refractivity contribution < 1.29 is 0 Å². The minimum absolute atomic E-state index is 1.04. The van der Waals surface area contributed by atoms with Gasteiger partial charge in [-0.3, -0.25) is 0 Å². The number of hydrogen-bond donors (Lipinski definition) is 0. The van der Waals surface area contributed by atoms with Crippen LogP contribution in [-0.2, 0) is 6.42 Å². The number of aryl methyl sites for hydroxylation is 1. The van der Waals surface area contributed by atoms with Crippen molar-refractivity contribution in [3.05, 3.63) is 30.7 Å². The lowest BCUT2D eigenvalue weighted by molar-refractivity contribution is 0.516. The molecule has 0 amide bonds. The molecule has 1 aromatic carbocycles. The number of unbranched alkanes of at least 4 members (excludes halogenated alkanes) is 51. The molecule has 401 valence electrons. The van der Waals surface area contributed by atoms with E-state index in [0.29, 0.717) is 0 Å². The lowest BCUT2D eigenvalue weighted by atomic mass is 10.0. The van der Waals surface area contributed by atoms with E-state index in [1.807, 2.05) is 0 Å². The summed E-state index contributed by atoms with van der Waals surface area (Å²) in [4.78, 5) is 3.03. The van der Waals surface area contributed by atoms with Crippen molar-refractivity contribution in [2.75, 3.05) is 11.5 Å². The highest BCUT2D eigenvalue weighted by Crippen LogP contribution is 2.30. The largest absolute Gasteiger partial charge is 0.126 e. The zero-order valence-electron chi connectivity index (χ0n) is 47.1. The summed E-state index contributed by atoms with van der Waals surface area (Å²) in [5.41, 5.74) is 1.54. The van der Waals surface area contributed by atoms with E-state index >= 15 is 0 Å².